The van der Waals surface area contributed by atoms with Crippen LogP contribution in [0.25, 0.3) is 0 Å². The van der Waals surface area contributed by atoms with Crippen LogP contribution >= 0.6 is 0 Å². The Morgan fingerprint density at radius 1 is 1.36 bits per heavy atom. The predicted octanol–water partition coefficient (Wildman–Crippen LogP) is 0.252. The van der Waals surface area contributed by atoms with E-state index in [4.69, 9.17) is 4.74 Å². The Labute approximate surface area is 130 Å². The third kappa shape index (κ3) is 4.49. The Morgan fingerprint density at radius 2 is 2.00 bits per heavy atom. The normalized spacial score (nSPS) is 17.3. The van der Waals surface area contributed by atoms with Gasteiger partial charge in [-0.15, -0.1) is 0 Å². The Bertz CT molecular complexity index is 583. The first-order valence-corrected chi connectivity index (χ1v) is 8.81. The van der Waals surface area contributed by atoms with Crippen molar-refractivity contribution in [3.63, 3.8) is 0 Å². The van der Waals surface area contributed by atoms with E-state index < -0.39 is 10.0 Å². The molecule has 1 N–H and O–H groups in total. The van der Waals surface area contributed by atoms with Crippen molar-refractivity contribution < 1.29 is 17.9 Å². The highest BCUT2D eigenvalue weighted by Gasteiger charge is 2.28. The van der Waals surface area contributed by atoms with E-state index in [0.717, 1.165) is 0 Å². The lowest BCUT2D eigenvalue weighted by molar-refractivity contribution is 0.0923. The van der Waals surface area contributed by atoms with E-state index in [9.17, 15) is 13.2 Å². The Hall–Kier alpha value is -1.51. The molecular weight excluding hydrogens is 306 g/mol. The quantitative estimate of drug-likeness (QED) is 0.809. The van der Waals surface area contributed by atoms with Gasteiger partial charge in [0, 0.05) is 44.2 Å². The zero-order valence-corrected chi connectivity index (χ0v) is 13.4. The number of methoxy groups -OCH3 is 1. The smallest absolute Gasteiger partial charge is 0.251 e. The fourth-order valence-corrected chi connectivity index (χ4v) is 3.77. The van der Waals surface area contributed by atoms with Gasteiger partial charge in [-0.3, -0.25) is 9.78 Å². The van der Waals surface area contributed by atoms with Crippen molar-refractivity contribution in [1.29, 1.82) is 0 Å². The molecule has 0 aliphatic carbocycles. The first kappa shape index (κ1) is 16.9. The zero-order valence-electron chi connectivity index (χ0n) is 12.6. The Kier molecular flexibility index (Phi) is 5.87. The number of rotatable bonds is 6. The van der Waals surface area contributed by atoms with Crippen LogP contribution in [0.3, 0.4) is 0 Å². The van der Waals surface area contributed by atoms with Gasteiger partial charge >= 0.3 is 0 Å². The van der Waals surface area contributed by atoms with Crippen LogP contribution in [0.4, 0.5) is 0 Å². The largest absolute Gasteiger partial charge is 0.384 e. The predicted molar refractivity (Wildman–Crippen MR) is 82.0 cm³/mol. The van der Waals surface area contributed by atoms with Crippen molar-refractivity contribution in [3.8, 4) is 0 Å². The number of hydrogen-bond donors (Lipinski definition) is 1. The molecule has 122 valence electrons. The standard InChI is InChI=1S/C14H21N3O4S/c1-21-10-11-22(19,20)17-8-4-13(5-9-17)16-14(18)12-2-6-15-7-3-12/h2-3,6-7,13H,4-5,8-11H2,1H3,(H,16,18). The van der Waals surface area contributed by atoms with E-state index >= 15 is 0 Å². The van der Waals surface area contributed by atoms with Gasteiger partial charge in [0.1, 0.15) is 0 Å². The fraction of sp³-hybridized carbons (Fsp3) is 0.571. The van der Waals surface area contributed by atoms with E-state index in [-0.39, 0.29) is 24.3 Å². The number of aromatic nitrogens is 1. The highest BCUT2D eigenvalue weighted by Crippen LogP contribution is 2.15. The summed E-state index contributed by atoms with van der Waals surface area (Å²) in [5, 5.41) is 2.94. The molecular formula is C14H21N3O4S. The molecule has 1 amide bonds. The summed E-state index contributed by atoms with van der Waals surface area (Å²) in [5.74, 6) is -0.152. The molecule has 0 atom stereocenters. The molecule has 1 aromatic heterocycles. The third-order valence-electron chi connectivity index (χ3n) is 3.67. The van der Waals surface area contributed by atoms with E-state index in [1.807, 2.05) is 0 Å². The van der Waals surface area contributed by atoms with Gasteiger partial charge in [-0.05, 0) is 25.0 Å². The molecule has 8 heteroatoms. The van der Waals surface area contributed by atoms with Gasteiger partial charge in [0.05, 0.1) is 12.4 Å². The van der Waals surface area contributed by atoms with E-state index in [2.05, 4.69) is 10.3 Å². The van der Waals surface area contributed by atoms with Crippen molar-refractivity contribution in [2.24, 2.45) is 0 Å². The number of hydrogen-bond acceptors (Lipinski definition) is 5. The summed E-state index contributed by atoms with van der Waals surface area (Å²) in [4.78, 5) is 15.9. The number of nitrogens with one attached hydrogen (secondary N) is 1. The maximum absolute atomic E-state index is 12.0. The molecule has 1 aliphatic heterocycles. The van der Waals surface area contributed by atoms with Gasteiger partial charge in [-0.1, -0.05) is 0 Å². The van der Waals surface area contributed by atoms with Gasteiger partial charge in [0.15, 0.2) is 0 Å². The molecule has 0 spiro atoms. The van der Waals surface area contributed by atoms with Crippen LogP contribution in [-0.4, -0.2) is 62.2 Å². The number of carbonyl (C=O) groups excluding carboxylic acids is 1. The second-order valence-corrected chi connectivity index (χ2v) is 7.28. The number of carbonyl (C=O) groups is 1. The lowest BCUT2D eigenvalue weighted by atomic mass is 10.1. The summed E-state index contributed by atoms with van der Waals surface area (Å²) >= 11 is 0. The monoisotopic (exact) mass is 327 g/mol. The molecule has 2 heterocycles. The van der Waals surface area contributed by atoms with E-state index in [1.165, 1.54) is 11.4 Å². The van der Waals surface area contributed by atoms with Crippen molar-refractivity contribution in [1.82, 2.24) is 14.6 Å². The summed E-state index contributed by atoms with van der Waals surface area (Å²) in [6, 6.07) is 3.30. The van der Waals surface area contributed by atoms with E-state index in [1.54, 1.807) is 24.5 Å². The second kappa shape index (κ2) is 7.66. The molecule has 22 heavy (non-hydrogen) atoms. The van der Waals surface area contributed by atoms with Crippen molar-refractivity contribution in [3.05, 3.63) is 30.1 Å². The number of piperidine rings is 1. The molecule has 1 fully saturated rings. The third-order valence-corrected chi connectivity index (χ3v) is 5.50. The van der Waals surface area contributed by atoms with Crippen LogP contribution in [0, 0.1) is 0 Å². The summed E-state index contributed by atoms with van der Waals surface area (Å²) < 4.78 is 30.4. The molecule has 0 unspecified atom stereocenters. The maximum Gasteiger partial charge on any atom is 0.251 e. The van der Waals surface area contributed by atoms with Gasteiger partial charge < -0.3 is 10.1 Å². The topological polar surface area (TPSA) is 88.6 Å². The van der Waals surface area contributed by atoms with Crippen molar-refractivity contribution in [2.75, 3.05) is 32.6 Å². The average molecular weight is 327 g/mol. The first-order valence-electron chi connectivity index (χ1n) is 7.20. The van der Waals surface area contributed by atoms with Gasteiger partial charge in [0.2, 0.25) is 10.0 Å². The zero-order chi connectivity index (χ0) is 16.0. The highest BCUT2D eigenvalue weighted by molar-refractivity contribution is 7.89. The first-order chi connectivity index (χ1) is 10.5. The molecule has 7 nitrogen and oxygen atoms in total. The number of ether oxygens (including phenoxy) is 1. The lowest BCUT2D eigenvalue weighted by Crippen LogP contribution is -2.47. The van der Waals surface area contributed by atoms with Crippen LogP contribution in [0.5, 0.6) is 0 Å². The molecule has 1 saturated heterocycles. The van der Waals surface area contributed by atoms with Crippen LogP contribution in [-0.2, 0) is 14.8 Å². The van der Waals surface area contributed by atoms with Crippen LogP contribution in [0.2, 0.25) is 0 Å². The number of amides is 1. The molecule has 0 aromatic carbocycles. The summed E-state index contributed by atoms with van der Waals surface area (Å²) in [6.45, 7) is 1.04. The second-order valence-electron chi connectivity index (χ2n) is 5.19. The summed E-state index contributed by atoms with van der Waals surface area (Å²) in [7, 11) is -1.78. The van der Waals surface area contributed by atoms with Crippen LogP contribution in [0.1, 0.15) is 23.2 Å². The molecule has 1 aliphatic rings. The average Bonchev–Trinajstić information content (AvgIpc) is 2.54. The maximum atomic E-state index is 12.0. The molecule has 0 bridgehead atoms. The van der Waals surface area contributed by atoms with Crippen LogP contribution in [0.15, 0.2) is 24.5 Å². The van der Waals surface area contributed by atoms with Crippen molar-refractivity contribution in [2.45, 2.75) is 18.9 Å². The van der Waals surface area contributed by atoms with E-state index in [0.29, 0.717) is 31.5 Å². The van der Waals surface area contributed by atoms with Crippen molar-refractivity contribution >= 4 is 15.9 Å². The highest BCUT2D eigenvalue weighted by atomic mass is 32.2. The number of nitrogens with zero attached hydrogens (tertiary/aromatic N) is 2. The minimum Gasteiger partial charge on any atom is -0.384 e. The Balaban J connectivity index is 1.84. The van der Waals surface area contributed by atoms with Gasteiger partial charge in [-0.25, -0.2) is 12.7 Å². The SMILES string of the molecule is COCCS(=O)(=O)N1CCC(NC(=O)c2ccncc2)CC1. The Morgan fingerprint density at radius 3 is 2.59 bits per heavy atom. The van der Waals surface area contributed by atoms with Gasteiger partial charge in [-0.2, -0.15) is 0 Å². The molecule has 2 rings (SSSR count). The minimum atomic E-state index is -3.26. The fourth-order valence-electron chi connectivity index (χ4n) is 2.37. The molecule has 1 aromatic rings. The minimum absolute atomic E-state index is 0.00244. The summed E-state index contributed by atoms with van der Waals surface area (Å²) in [5.41, 5.74) is 0.560. The molecule has 0 saturated carbocycles. The van der Waals surface area contributed by atoms with Crippen LogP contribution < -0.4 is 5.32 Å². The number of pyridine rings is 1. The molecule has 0 radical (unpaired) electrons. The lowest BCUT2D eigenvalue weighted by Gasteiger charge is -2.31. The number of sulfonamides is 1. The summed E-state index contributed by atoms with van der Waals surface area (Å²) in [6.07, 6.45) is 4.37. The van der Waals surface area contributed by atoms with Gasteiger partial charge in [0.25, 0.3) is 5.91 Å².